The molecule has 0 fully saturated rings. The zero-order valence-electron chi connectivity index (χ0n) is 8.19. The molecule has 0 aliphatic carbocycles. The summed E-state index contributed by atoms with van der Waals surface area (Å²) < 4.78 is 0. The van der Waals surface area contributed by atoms with Gasteiger partial charge in [0.05, 0.1) is 0 Å². The molecule has 2 N–H and O–H groups in total. The van der Waals surface area contributed by atoms with Gasteiger partial charge in [0.15, 0.2) is 0 Å². The molecule has 14 heavy (non-hydrogen) atoms. The minimum Gasteiger partial charge on any atom is -0.481 e. The third-order valence-corrected chi connectivity index (χ3v) is 3.03. The van der Waals surface area contributed by atoms with Gasteiger partial charge in [-0.2, -0.15) is 12.6 Å². The summed E-state index contributed by atoms with van der Waals surface area (Å²) in [5.41, 5.74) is -0.292. The van der Waals surface area contributed by atoms with Gasteiger partial charge in [0.2, 0.25) is 0 Å². The van der Waals surface area contributed by atoms with Crippen LogP contribution in [0.15, 0.2) is 0 Å². The molecule has 0 saturated heterocycles. The molecule has 4 nitrogen and oxygen atoms in total. The average molecular weight is 220 g/mol. The summed E-state index contributed by atoms with van der Waals surface area (Å²) in [6.45, 7) is 1.87. The maximum Gasteiger partial charge on any atom is 0.303 e. The van der Waals surface area contributed by atoms with Gasteiger partial charge in [-0.25, -0.2) is 0 Å². The van der Waals surface area contributed by atoms with Crippen molar-refractivity contribution in [1.29, 1.82) is 0 Å². The van der Waals surface area contributed by atoms with Gasteiger partial charge in [-0.3, -0.25) is 9.59 Å². The molecular weight excluding hydrogens is 204 g/mol. The monoisotopic (exact) mass is 220 g/mol. The second kappa shape index (κ2) is 5.90. The molecule has 0 aromatic rings. The van der Waals surface area contributed by atoms with E-state index in [0.717, 1.165) is 0 Å². The molecule has 5 heteroatoms. The Labute approximate surface area is 88.7 Å². The standard InChI is InChI=1S/C9H16O4S/c1-9(6-14,4-2-7(10)11)5-3-8(12)13/h14H,2-6H2,1H3,(H,10,11)(H,12,13). The number of hydrogen-bond acceptors (Lipinski definition) is 3. The van der Waals surface area contributed by atoms with Gasteiger partial charge in [-0.15, -0.1) is 0 Å². The summed E-state index contributed by atoms with van der Waals surface area (Å²) in [7, 11) is 0. The van der Waals surface area contributed by atoms with Crippen LogP contribution in [0, 0.1) is 5.41 Å². The van der Waals surface area contributed by atoms with E-state index in [1.165, 1.54) is 0 Å². The Kier molecular flexibility index (Phi) is 5.60. The first kappa shape index (κ1) is 13.3. The van der Waals surface area contributed by atoms with Gasteiger partial charge in [-0.1, -0.05) is 6.92 Å². The molecule has 82 valence electrons. The van der Waals surface area contributed by atoms with Crippen LogP contribution in [0.25, 0.3) is 0 Å². The summed E-state index contributed by atoms with van der Waals surface area (Å²) in [6, 6.07) is 0. The van der Waals surface area contributed by atoms with Crippen LogP contribution in [0.3, 0.4) is 0 Å². The van der Waals surface area contributed by atoms with Crippen LogP contribution in [0.4, 0.5) is 0 Å². The van der Waals surface area contributed by atoms with Crippen molar-refractivity contribution in [2.45, 2.75) is 32.6 Å². The van der Waals surface area contributed by atoms with Crippen LogP contribution in [0.5, 0.6) is 0 Å². The lowest BCUT2D eigenvalue weighted by atomic mass is 9.83. The van der Waals surface area contributed by atoms with Crippen LogP contribution < -0.4 is 0 Å². The van der Waals surface area contributed by atoms with E-state index in [0.29, 0.717) is 18.6 Å². The molecule has 0 aliphatic heterocycles. The van der Waals surface area contributed by atoms with E-state index in [2.05, 4.69) is 12.6 Å². The Morgan fingerprint density at radius 3 is 1.71 bits per heavy atom. The summed E-state index contributed by atoms with van der Waals surface area (Å²) >= 11 is 4.12. The lowest BCUT2D eigenvalue weighted by Crippen LogP contribution is -2.21. The summed E-state index contributed by atoms with van der Waals surface area (Å²) in [6.07, 6.45) is 1.07. The molecule has 0 aromatic heterocycles. The van der Waals surface area contributed by atoms with E-state index in [1.807, 2.05) is 6.92 Å². The highest BCUT2D eigenvalue weighted by atomic mass is 32.1. The molecule has 0 heterocycles. The first-order valence-corrected chi connectivity index (χ1v) is 5.07. The van der Waals surface area contributed by atoms with Crippen molar-refractivity contribution in [3.63, 3.8) is 0 Å². The molecule has 0 rings (SSSR count). The Bertz CT molecular complexity index is 197. The predicted molar refractivity (Wildman–Crippen MR) is 55.7 cm³/mol. The van der Waals surface area contributed by atoms with Crippen molar-refractivity contribution < 1.29 is 19.8 Å². The zero-order valence-corrected chi connectivity index (χ0v) is 9.09. The third-order valence-electron chi connectivity index (χ3n) is 2.27. The number of thiol groups is 1. The normalized spacial score (nSPS) is 11.3. The van der Waals surface area contributed by atoms with Crippen molar-refractivity contribution in [2.75, 3.05) is 5.75 Å². The highest BCUT2D eigenvalue weighted by Crippen LogP contribution is 2.30. The second-order valence-electron chi connectivity index (χ2n) is 3.76. The topological polar surface area (TPSA) is 74.6 Å². The van der Waals surface area contributed by atoms with E-state index >= 15 is 0 Å². The smallest absolute Gasteiger partial charge is 0.303 e. The van der Waals surface area contributed by atoms with Gasteiger partial charge in [-0.05, 0) is 24.0 Å². The van der Waals surface area contributed by atoms with Crippen molar-refractivity contribution in [3.05, 3.63) is 0 Å². The zero-order chi connectivity index (χ0) is 11.2. The summed E-state index contributed by atoms with van der Waals surface area (Å²) in [4.78, 5) is 20.7. The number of rotatable bonds is 7. The quantitative estimate of drug-likeness (QED) is 0.570. The Balaban J connectivity index is 4.03. The molecule has 0 aromatic carbocycles. The van der Waals surface area contributed by atoms with E-state index in [1.54, 1.807) is 0 Å². The largest absolute Gasteiger partial charge is 0.481 e. The highest BCUT2D eigenvalue weighted by molar-refractivity contribution is 7.80. The van der Waals surface area contributed by atoms with Crippen molar-refractivity contribution in [1.82, 2.24) is 0 Å². The maximum atomic E-state index is 10.4. The average Bonchev–Trinajstić information content (AvgIpc) is 2.11. The van der Waals surface area contributed by atoms with E-state index < -0.39 is 11.9 Å². The summed E-state index contributed by atoms with van der Waals surface area (Å²) in [5.74, 6) is -1.20. The predicted octanol–water partition coefficient (Wildman–Crippen LogP) is 1.65. The number of carboxylic acids is 2. The van der Waals surface area contributed by atoms with Gasteiger partial charge in [0, 0.05) is 12.8 Å². The lowest BCUT2D eigenvalue weighted by Gasteiger charge is -2.26. The van der Waals surface area contributed by atoms with E-state index in [4.69, 9.17) is 10.2 Å². The van der Waals surface area contributed by atoms with Crippen LogP contribution >= 0.6 is 12.6 Å². The molecular formula is C9H16O4S. The third kappa shape index (κ3) is 5.85. The molecule has 0 bridgehead atoms. The van der Waals surface area contributed by atoms with Crippen LogP contribution in [-0.4, -0.2) is 27.9 Å². The molecule has 0 saturated carbocycles. The van der Waals surface area contributed by atoms with Gasteiger partial charge in [0.25, 0.3) is 0 Å². The maximum absolute atomic E-state index is 10.4. The Hall–Kier alpha value is -0.710. The van der Waals surface area contributed by atoms with Crippen LogP contribution in [0.2, 0.25) is 0 Å². The van der Waals surface area contributed by atoms with E-state index in [-0.39, 0.29) is 18.3 Å². The fourth-order valence-electron chi connectivity index (χ4n) is 1.10. The fourth-order valence-corrected chi connectivity index (χ4v) is 1.42. The fraction of sp³-hybridized carbons (Fsp3) is 0.778. The molecule has 0 unspecified atom stereocenters. The molecule has 0 amide bonds. The van der Waals surface area contributed by atoms with Crippen molar-refractivity contribution >= 4 is 24.6 Å². The molecule has 0 spiro atoms. The molecule has 0 radical (unpaired) electrons. The first-order chi connectivity index (χ1) is 6.39. The minimum atomic E-state index is -0.853. The molecule has 0 atom stereocenters. The highest BCUT2D eigenvalue weighted by Gasteiger charge is 2.24. The Morgan fingerprint density at radius 2 is 1.50 bits per heavy atom. The Morgan fingerprint density at radius 1 is 1.14 bits per heavy atom. The van der Waals surface area contributed by atoms with Crippen LogP contribution in [0.1, 0.15) is 32.6 Å². The van der Waals surface area contributed by atoms with E-state index in [9.17, 15) is 9.59 Å². The van der Waals surface area contributed by atoms with Gasteiger partial charge in [0.1, 0.15) is 0 Å². The number of aliphatic carboxylic acids is 2. The minimum absolute atomic E-state index is 0.0661. The number of hydrogen-bond donors (Lipinski definition) is 3. The second-order valence-corrected chi connectivity index (χ2v) is 4.07. The SMILES string of the molecule is CC(CS)(CCC(=O)O)CCC(=O)O. The number of carboxylic acid groups (broad SMARTS) is 2. The summed E-state index contributed by atoms with van der Waals surface area (Å²) in [5, 5.41) is 17.0. The van der Waals surface area contributed by atoms with Crippen LogP contribution in [-0.2, 0) is 9.59 Å². The van der Waals surface area contributed by atoms with Crippen molar-refractivity contribution in [2.24, 2.45) is 5.41 Å². The van der Waals surface area contributed by atoms with Gasteiger partial charge >= 0.3 is 11.9 Å². The van der Waals surface area contributed by atoms with Crippen molar-refractivity contribution in [3.8, 4) is 0 Å². The number of carbonyl (C=O) groups is 2. The first-order valence-electron chi connectivity index (χ1n) is 4.44. The van der Waals surface area contributed by atoms with Gasteiger partial charge < -0.3 is 10.2 Å². The lowest BCUT2D eigenvalue weighted by molar-refractivity contribution is -0.137. The molecule has 0 aliphatic rings.